The monoisotopic (exact) mass is 271 g/mol. The molecular weight excluding hydrogens is 254 g/mol. The molecule has 0 amide bonds. The van der Waals surface area contributed by atoms with Crippen molar-refractivity contribution in [3.8, 4) is 0 Å². The first kappa shape index (κ1) is 12.2. The van der Waals surface area contributed by atoms with E-state index in [2.05, 4.69) is 57.9 Å². The van der Waals surface area contributed by atoms with Crippen LogP contribution in [-0.2, 0) is 0 Å². The lowest BCUT2D eigenvalue weighted by Crippen LogP contribution is -2.07. The number of imidazole rings is 1. The van der Waals surface area contributed by atoms with E-state index in [0.29, 0.717) is 6.04 Å². The molecule has 98 valence electrons. The minimum absolute atomic E-state index is 0.376. The van der Waals surface area contributed by atoms with E-state index >= 15 is 0 Å². The van der Waals surface area contributed by atoms with Crippen LogP contribution in [0.25, 0.3) is 11.0 Å². The average Bonchev–Trinajstić information content (AvgIpc) is 3.03. The SMILES string of the molecule is CCC(Nc1ccc2nc(C)[nH]c2c1)c1cccs1. The van der Waals surface area contributed by atoms with E-state index < -0.39 is 0 Å². The van der Waals surface area contributed by atoms with Gasteiger partial charge in [0.15, 0.2) is 0 Å². The Morgan fingerprint density at radius 1 is 1.37 bits per heavy atom. The highest BCUT2D eigenvalue weighted by atomic mass is 32.1. The molecule has 2 aromatic heterocycles. The van der Waals surface area contributed by atoms with Gasteiger partial charge in [0.1, 0.15) is 5.82 Å². The molecule has 1 unspecified atom stereocenters. The van der Waals surface area contributed by atoms with Crippen LogP contribution in [0.2, 0.25) is 0 Å². The summed E-state index contributed by atoms with van der Waals surface area (Å²) in [7, 11) is 0. The lowest BCUT2D eigenvalue weighted by Gasteiger charge is -2.16. The minimum Gasteiger partial charge on any atom is -0.377 e. The molecule has 0 saturated carbocycles. The Morgan fingerprint density at radius 3 is 3.00 bits per heavy atom. The zero-order valence-corrected chi connectivity index (χ0v) is 11.9. The van der Waals surface area contributed by atoms with Gasteiger partial charge in [0.2, 0.25) is 0 Å². The Morgan fingerprint density at radius 2 is 2.26 bits per heavy atom. The van der Waals surface area contributed by atoms with Gasteiger partial charge in [-0.05, 0) is 43.0 Å². The van der Waals surface area contributed by atoms with Crippen LogP contribution < -0.4 is 5.32 Å². The molecule has 0 fully saturated rings. The fourth-order valence-electron chi connectivity index (χ4n) is 2.29. The molecule has 4 heteroatoms. The second-order valence-electron chi connectivity index (χ2n) is 4.67. The Labute approximate surface area is 116 Å². The van der Waals surface area contributed by atoms with E-state index in [1.54, 1.807) is 11.3 Å². The van der Waals surface area contributed by atoms with Crippen LogP contribution >= 0.6 is 11.3 Å². The molecule has 1 atom stereocenters. The number of nitrogens with zero attached hydrogens (tertiary/aromatic N) is 1. The van der Waals surface area contributed by atoms with Crippen LogP contribution in [0, 0.1) is 6.92 Å². The number of fused-ring (bicyclic) bond motifs is 1. The molecule has 2 N–H and O–H groups in total. The Kier molecular flexibility index (Phi) is 3.25. The van der Waals surface area contributed by atoms with Crippen molar-refractivity contribution in [2.45, 2.75) is 26.3 Å². The van der Waals surface area contributed by atoms with E-state index in [1.165, 1.54) is 4.88 Å². The van der Waals surface area contributed by atoms with Crippen LogP contribution in [0.3, 0.4) is 0 Å². The van der Waals surface area contributed by atoms with Gasteiger partial charge >= 0.3 is 0 Å². The summed E-state index contributed by atoms with van der Waals surface area (Å²) in [5.74, 6) is 0.956. The summed E-state index contributed by atoms with van der Waals surface area (Å²) in [5, 5.41) is 5.72. The molecule has 0 aliphatic carbocycles. The number of aromatic nitrogens is 2. The molecule has 19 heavy (non-hydrogen) atoms. The fourth-order valence-corrected chi connectivity index (χ4v) is 3.15. The van der Waals surface area contributed by atoms with Crippen molar-refractivity contribution < 1.29 is 0 Å². The van der Waals surface area contributed by atoms with Crippen LogP contribution in [0.15, 0.2) is 35.7 Å². The predicted octanol–water partition coefficient (Wildman–Crippen LogP) is 4.50. The summed E-state index contributed by atoms with van der Waals surface area (Å²) in [5.41, 5.74) is 3.24. The summed E-state index contributed by atoms with van der Waals surface area (Å²) in [6, 6.07) is 10.9. The summed E-state index contributed by atoms with van der Waals surface area (Å²) < 4.78 is 0. The van der Waals surface area contributed by atoms with Gasteiger partial charge in [-0.1, -0.05) is 13.0 Å². The standard InChI is InChI=1S/C15H17N3S/c1-3-12(15-5-4-8-19-15)18-11-6-7-13-14(9-11)17-10(2)16-13/h4-9,12,18H,3H2,1-2H3,(H,16,17). The van der Waals surface area contributed by atoms with Gasteiger partial charge in [-0.2, -0.15) is 0 Å². The fraction of sp³-hybridized carbons (Fsp3) is 0.267. The number of anilines is 1. The van der Waals surface area contributed by atoms with E-state index in [-0.39, 0.29) is 0 Å². The second-order valence-corrected chi connectivity index (χ2v) is 5.65. The third kappa shape index (κ3) is 2.49. The number of hydrogen-bond donors (Lipinski definition) is 2. The average molecular weight is 271 g/mol. The maximum Gasteiger partial charge on any atom is 0.104 e. The van der Waals surface area contributed by atoms with E-state index in [0.717, 1.165) is 29.0 Å². The van der Waals surface area contributed by atoms with E-state index in [9.17, 15) is 0 Å². The van der Waals surface area contributed by atoms with Crippen molar-refractivity contribution >= 4 is 28.1 Å². The predicted molar refractivity (Wildman–Crippen MR) is 81.8 cm³/mol. The van der Waals surface area contributed by atoms with Crippen LogP contribution in [0.1, 0.15) is 30.1 Å². The number of aryl methyl sites for hydroxylation is 1. The first-order valence-electron chi connectivity index (χ1n) is 6.52. The lowest BCUT2D eigenvalue weighted by atomic mass is 10.1. The molecule has 3 rings (SSSR count). The highest BCUT2D eigenvalue weighted by Gasteiger charge is 2.10. The highest BCUT2D eigenvalue weighted by Crippen LogP contribution is 2.27. The molecule has 3 aromatic rings. The maximum absolute atomic E-state index is 4.42. The molecule has 0 aliphatic rings. The third-order valence-electron chi connectivity index (χ3n) is 3.24. The van der Waals surface area contributed by atoms with Crippen molar-refractivity contribution in [2.75, 3.05) is 5.32 Å². The van der Waals surface area contributed by atoms with Gasteiger partial charge < -0.3 is 10.3 Å². The molecule has 0 aliphatic heterocycles. The molecular formula is C15H17N3S. The first-order chi connectivity index (χ1) is 9.26. The number of aromatic amines is 1. The summed E-state index contributed by atoms with van der Waals surface area (Å²) >= 11 is 1.80. The zero-order valence-electron chi connectivity index (χ0n) is 11.1. The largest absolute Gasteiger partial charge is 0.377 e. The highest BCUT2D eigenvalue weighted by molar-refractivity contribution is 7.10. The molecule has 0 radical (unpaired) electrons. The van der Waals surface area contributed by atoms with Gasteiger partial charge in [-0.3, -0.25) is 0 Å². The Balaban J connectivity index is 1.87. The van der Waals surface area contributed by atoms with E-state index in [4.69, 9.17) is 0 Å². The number of thiophene rings is 1. The topological polar surface area (TPSA) is 40.7 Å². The number of nitrogens with one attached hydrogen (secondary N) is 2. The molecule has 2 heterocycles. The lowest BCUT2D eigenvalue weighted by molar-refractivity contribution is 0.764. The van der Waals surface area contributed by atoms with Crippen LogP contribution in [-0.4, -0.2) is 9.97 Å². The van der Waals surface area contributed by atoms with Crippen molar-refractivity contribution in [1.82, 2.24) is 9.97 Å². The summed E-state index contributed by atoms with van der Waals surface area (Å²) in [6.07, 6.45) is 1.07. The van der Waals surface area contributed by atoms with Gasteiger partial charge in [0, 0.05) is 10.6 Å². The van der Waals surface area contributed by atoms with Crippen molar-refractivity contribution in [1.29, 1.82) is 0 Å². The number of hydrogen-bond acceptors (Lipinski definition) is 3. The third-order valence-corrected chi connectivity index (χ3v) is 4.22. The number of benzene rings is 1. The van der Waals surface area contributed by atoms with Crippen molar-refractivity contribution in [3.63, 3.8) is 0 Å². The van der Waals surface area contributed by atoms with Gasteiger partial charge in [-0.25, -0.2) is 4.98 Å². The summed E-state index contributed by atoms with van der Waals surface area (Å²) in [4.78, 5) is 9.08. The normalized spacial score (nSPS) is 12.7. The number of H-pyrrole nitrogens is 1. The van der Waals surface area contributed by atoms with Gasteiger partial charge in [-0.15, -0.1) is 11.3 Å². The Bertz CT molecular complexity index is 670. The van der Waals surface area contributed by atoms with Gasteiger partial charge in [0.25, 0.3) is 0 Å². The minimum atomic E-state index is 0.376. The number of rotatable bonds is 4. The zero-order chi connectivity index (χ0) is 13.2. The molecule has 3 nitrogen and oxygen atoms in total. The van der Waals surface area contributed by atoms with Crippen LogP contribution in [0.5, 0.6) is 0 Å². The van der Waals surface area contributed by atoms with Crippen molar-refractivity contribution in [3.05, 3.63) is 46.4 Å². The molecule has 0 bridgehead atoms. The van der Waals surface area contributed by atoms with Crippen LogP contribution in [0.4, 0.5) is 5.69 Å². The molecule has 0 saturated heterocycles. The second kappa shape index (κ2) is 5.05. The van der Waals surface area contributed by atoms with E-state index in [1.807, 2.05) is 6.92 Å². The maximum atomic E-state index is 4.42. The Hall–Kier alpha value is -1.81. The quantitative estimate of drug-likeness (QED) is 0.733. The molecule has 0 spiro atoms. The molecule has 1 aromatic carbocycles. The van der Waals surface area contributed by atoms with Crippen molar-refractivity contribution in [2.24, 2.45) is 0 Å². The first-order valence-corrected chi connectivity index (χ1v) is 7.40. The smallest absolute Gasteiger partial charge is 0.104 e. The summed E-state index contributed by atoms with van der Waals surface area (Å²) in [6.45, 7) is 4.18. The van der Waals surface area contributed by atoms with Gasteiger partial charge in [0.05, 0.1) is 17.1 Å².